The number of nitrogens with zero attached hydrogens (tertiary/aromatic N) is 1. The molecule has 2 rings (SSSR count). The van der Waals surface area contributed by atoms with E-state index in [1.807, 2.05) is 31.2 Å². The predicted molar refractivity (Wildman–Crippen MR) is 105 cm³/mol. The summed E-state index contributed by atoms with van der Waals surface area (Å²) in [6, 6.07) is 13.2. The molecule has 2 aromatic rings. The Morgan fingerprint density at radius 3 is 2.41 bits per heavy atom. The monoisotopic (exact) mass is 370 g/mol. The maximum Gasteiger partial charge on any atom is 0.223 e. The van der Waals surface area contributed by atoms with Crippen molar-refractivity contribution >= 4 is 17.5 Å². The fourth-order valence-corrected chi connectivity index (χ4v) is 2.79. The number of nitrogens with one attached hydrogen (secondary N) is 1. The lowest BCUT2D eigenvalue weighted by atomic mass is 10.1. The highest BCUT2D eigenvalue weighted by Gasteiger charge is 2.16. The van der Waals surface area contributed by atoms with Gasteiger partial charge in [-0.25, -0.2) is 0 Å². The fourth-order valence-electron chi connectivity index (χ4n) is 2.79. The highest BCUT2D eigenvalue weighted by Crippen LogP contribution is 2.31. The number of aryl methyl sites for hydroxylation is 1. The van der Waals surface area contributed by atoms with Gasteiger partial charge in [0.05, 0.1) is 14.2 Å². The van der Waals surface area contributed by atoms with E-state index in [-0.39, 0.29) is 24.8 Å². The summed E-state index contributed by atoms with van der Waals surface area (Å²) >= 11 is 0. The third-order valence-corrected chi connectivity index (χ3v) is 4.19. The van der Waals surface area contributed by atoms with Crippen molar-refractivity contribution < 1.29 is 19.1 Å². The fraction of sp³-hybridized carbons (Fsp3) is 0.333. The van der Waals surface area contributed by atoms with Crippen LogP contribution < -0.4 is 19.7 Å². The molecule has 0 atom stereocenters. The standard InChI is InChI=1S/C21H26N2O4/c1-15-6-5-7-17(12-15)14-22-21(25)10-11-23(16(2)24)18-8-9-19(26-3)20(13-18)27-4/h5-9,12-13H,10-11,14H2,1-4H3,(H,22,25). The molecule has 1 N–H and O–H groups in total. The van der Waals surface area contributed by atoms with Crippen molar-refractivity contribution in [3.8, 4) is 11.5 Å². The van der Waals surface area contributed by atoms with Crippen LogP contribution in [-0.4, -0.2) is 32.6 Å². The Balaban J connectivity index is 1.98. The molecular formula is C21H26N2O4. The van der Waals surface area contributed by atoms with Gasteiger partial charge in [-0.1, -0.05) is 29.8 Å². The minimum Gasteiger partial charge on any atom is -0.493 e. The molecule has 0 unspecified atom stereocenters. The number of hydrogen-bond donors (Lipinski definition) is 1. The molecule has 0 bridgehead atoms. The van der Waals surface area contributed by atoms with Crippen LogP contribution in [0.3, 0.4) is 0 Å². The lowest BCUT2D eigenvalue weighted by Crippen LogP contribution is -2.33. The van der Waals surface area contributed by atoms with Crippen molar-refractivity contribution in [3.63, 3.8) is 0 Å². The first-order valence-corrected chi connectivity index (χ1v) is 8.77. The first kappa shape index (κ1) is 20.3. The number of ether oxygens (including phenoxy) is 2. The van der Waals surface area contributed by atoms with Gasteiger partial charge in [0, 0.05) is 38.2 Å². The van der Waals surface area contributed by atoms with Gasteiger partial charge in [-0.2, -0.15) is 0 Å². The maximum absolute atomic E-state index is 12.2. The molecule has 0 fully saturated rings. The van der Waals surface area contributed by atoms with Crippen LogP contribution >= 0.6 is 0 Å². The van der Waals surface area contributed by atoms with Crippen LogP contribution in [0.15, 0.2) is 42.5 Å². The second kappa shape index (κ2) is 9.62. The molecule has 0 spiro atoms. The summed E-state index contributed by atoms with van der Waals surface area (Å²) in [5.41, 5.74) is 2.86. The van der Waals surface area contributed by atoms with Gasteiger partial charge in [-0.15, -0.1) is 0 Å². The van der Waals surface area contributed by atoms with Crippen LogP contribution in [0.1, 0.15) is 24.5 Å². The summed E-state index contributed by atoms with van der Waals surface area (Å²) in [6.45, 7) is 4.24. The first-order chi connectivity index (χ1) is 12.9. The second-order valence-electron chi connectivity index (χ2n) is 6.23. The van der Waals surface area contributed by atoms with Crippen molar-refractivity contribution in [1.29, 1.82) is 0 Å². The molecule has 2 aromatic carbocycles. The molecule has 2 amide bonds. The molecule has 6 heteroatoms. The predicted octanol–water partition coefficient (Wildman–Crippen LogP) is 3.07. The molecule has 0 radical (unpaired) electrons. The van der Waals surface area contributed by atoms with Gasteiger partial charge < -0.3 is 19.7 Å². The summed E-state index contributed by atoms with van der Waals surface area (Å²) in [5.74, 6) is 0.864. The molecule has 0 saturated carbocycles. The topological polar surface area (TPSA) is 67.9 Å². The van der Waals surface area contributed by atoms with E-state index in [1.165, 1.54) is 6.92 Å². The van der Waals surface area contributed by atoms with Gasteiger partial charge in [0.25, 0.3) is 0 Å². The van der Waals surface area contributed by atoms with Gasteiger partial charge in [0.2, 0.25) is 11.8 Å². The third-order valence-electron chi connectivity index (χ3n) is 4.19. The van der Waals surface area contributed by atoms with Crippen LogP contribution in [0.25, 0.3) is 0 Å². The smallest absolute Gasteiger partial charge is 0.223 e. The number of rotatable bonds is 8. The number of amides is 2. The van der Waals surface area contributed by atoms with Crippen molar-refractivity contribution in [1.82, 2.24) is 5.32 Å². The normalized spacial score (nSPS) is 10.2. The molecule has 0 aliphatic carbocycles. The molecule has 0 heterocycles. The summed E-state index contributed by atoms with van der Waals surface area (Å²) in [5, 5.41) is 2.89. The van der Waals surface area contributed by atoms with E-state index in [1.54, 1.807) is 37.3 Å². The largest absolute Gasteiger partial charge is 0.493 e. The van der Waals surface area contributed by atoms with Crippen molar-refractivity contribution in [2.45, 2.75) is 26.8 Å². The molecule has 0 aliphatic heterocycles. The SMILES string of the molecule is COc1ccc(N(CCC(=O)NCc2cccc(C)c2)C(C)=O)cc1OC. The molecule has 0 saturated heterocycles. The summed E-state index contributed by atoms with van der Waals surface area (Å²) in [6.07, 6.45) is 0.208. The van der Waals surface area contributed by atoms with Crippen molar-refractivity contribution in [2.75, 3.05) is 25.7 Å². The van der Waals surface area contributed by atoms with E-state index in [2.05, 4.69) is 5.32 Å². The van der Waals surface area contributed by atoms with Gasteiger partial charge in [-0.3, -0.25) is 9.59 Å². The Bertz CT molecular complexity index is 805. The highest BCUT2D eigenvalue weighted by molar-refractivity contribution is 5.92. The molecular weight excluding hydrogens is 344 g/mol. The summed E-state index contributed by atoms with van der Waals surface area (Å²) in [4.78, 5) is 25.8. The van der Waals surface area contributed by atoms with Gasteiger partial charge in [0.1, 0.15) is 0 Å². The van der Waals surface area contributed by atoms with Crippen LogP contribution in [0.4, 0.5) is 5.69 Å². The van der Waals surface area contributed by atoms with Crippen molar-refractivity contribution in [3.05, 3.63) is 53.6 Å². The number of benzene rings is 2. The van der Waals surface area contributed by atoms with Crippen LogP contribution in [0.5, 0.6) is 11.5 Å². The molecule has 6 nitrogen and oxygen atoms in total. The molecule has 0 aromatic heterocycles. The van der Waals surface area contributed by atoms with Gasteiger partial charge >= 0.3 is 0 Å². The summed E-state index contributed by atoms with van der Waals surface area (Å²) in [7, 11) is 3.09. The van der Waals surface area contributed by atoms with Crippen LogP contribution in [-0.2, 0) is 16.1 Å². The zero-order valence-corrected chi connectivity index (χ0v) is 16.2. The highest BCUT2D eigenvalue weighted by atomic mass is 16.5. The number of anilines is 1. The van der Waals surface area contributed by atoms with Crippen LogP contribution in [0, 0.1) is 6.92 Å². The zero-order valence-electron chi connectivity index (χ0n) is 16.2. The zero-order chi connectivity index (χ0) is 19.8. The molecule has 0 aliphatic rings. The Morgan fingerprint density at radius 2 is 1.78 bits per heavy atom. The molecule has 27 heavy (non-hydrogen) atoms. The number of hydrogen-bond acceptors (Lipinski definition) is 4. The maximum atomic E-state index is 12.2. The number of carbonyl (C=O) groups excluding carboxylic acids is 2. The minimum absolute atomic E-state index is 0.108. The Labute approximate surface area is 160 Å². The Kier molecular flexibility index (Phi) is 7.23. The minimum atomic E-state index is -0.145. The van der Waals surface area contributed by atoms with E-state index in [9.17, 15) is 9.59 Å². The van der Waals surface area contributed by atoms with E-state index in [0.717, 1.165) is 11.1 Å². The average Bonchev–Trinajstić information content (AvgIpc) is 2.66. The number of methoxy groups -OCH3 is 2. The van der Waals surface area contributed by atoms with Crippen LogP contribution in [0.2, 0.25) is 0 Å². The quantitative estimate of drug-likeness (QED) is 0.775. The lowest BCUT2D eigenvalue weighted by molar-refractivity contribution is -0.121. The average molecular weight is 370 g/mol. The second-order valence-corrected chi connectivity index (χ2v) is 6.23. The van der Waals surface area contributed by atoms with E-state index < -0.39 is 0 Å². The van der Waals surface area contributed by atoms with Crippen molar-refractivity contribution in [2.24, 2.45) is 0 Å². The summed E-state index contributed by atoms with van der Waals surface area (Å²) < 4.78 is 10.5. The Hall–Kier alpha value is -3.02. The Morgan fingerprint density at radius 1 is 1.04 bits per heavy atom. The van der Waals surface area contributed by atoms with E-state index in [4.69, 9.17) is 9.47 Å². The number of carbonyl (C=O) groups is 2. The lowest BCUT2D eigenvalue weighted by Gasteiger charge is -2.22. The van der Waals surface area contributed by atoms with E-state index >= 15 is 0 Å². The first-order valence-electron chi connectivity index (χ1n) is 8.77. The third kappa shape index (κ3) is 5.74. The van der Waals surface area contributed by atoms with Gasteiger partial charge in [-0.05, 0) is 24.6 Å². The van der Waals surface area contributed by atoms with E-state index in [0.29, 0.717) is 23.7 Å². The van der Waals surface area contributed by atoms with Gasteiger partial charge in [0.15, 0.2) is 11.5 Å². The molecule has 144 valence electrons.